The average molecular weight is 376 g/mol. The van der Waals surface area contributed by atoms with Gasteiger partial charge in [0, 0.05) is 35.1 Å². The first-order valence-corrected chi connectivity index (χ1v) is 10.5. The summed E-state index contributed by atoms with van der Waals surface area (Å²) in [6.07, 6.45) is 2.62. The third kappa shape index (κ3) is 3.59. The molecule has 25 heavy (non-hydrogen) atoms. The number of benzene rings is 1. The van der Waals surface area contributed by atoms with E-state index in [2.05, 4.69) is 16.4 Å². The number of sulfone groups is 1. The second-order valence-electron chi connectivity index (χ2n) is 6.13. The largest absolute Gasteiger partial charge is 0.493 e. The number of thiazole rings is 1. The van der Waals surface area contributed by atoms with Crippen LogP contribution in [0.1, 0.15) is 12.0 Å². The number of carbonyl (C=O) groups is 1. The molecule has 1 unspecified atom stereocenters. The lowest BCUT2D eigenvalue weighted by Crippen LogP contribution is -2.17. The number of ether oxygens (including phenoxy) is 1. The maximum Gasteiger partial charge on any atom is 0.226 e. The van der Waals surface area contributed by atoms with Gasteiger partial charge < -0.3 is 10.1 Å². The summed E-state index contributed by atoms with van der Waals surface area (Å²) < 4.78 is 28.3. The van der Waals surface area contributed by atoms with Gasteiger partial charge in [-0.1, -0.05) is 6.08 Å². The number of hydrogen-bond donors (Lipinski definition) is 1. The van der Waals surface area contributed by atoms with E-state index in [1.165, 1.54) is 22.3 Å². The molecule has 2 aromatic rings. The number of amides is 1. The smallest absolute Gasteiger partial charge is 0.226 e. The minimum atomic E-state index is -3.13. The fourth-order valence-corrected chi connectivity index (χ4v) is 5.12. The van der Waals surface area contributed by atoms with Crippen molar-refractivity contribution in [3.05, 3.63) is 40.6 Å². The predicted octanol–water partition coefficient (Wildman–Crippen LogP) is 2.63. The lowest BCUT2D eigenvalue weighted by atomic mass is 10.1. The normalized spacial score (nSPS) is 20.2. The second-order valence-corrected chi connectivity index (χ2v) is 8.92. The lowest BCUT2D eigenvalue weighted by Gasteiger charge is -2.05. The van der Waals surface area contributed by atoms with E-state index in [4.69, 9.17) is 4.74 Å². The van der Waals surface area contributed by atoms with Gasteiger partial charge in [-0.05, 0) is 23.8 Å². The molecule has 1 aromatic heterocycles. The standard InChI is InChI=1S/C17H16N2O4S2/c20-16(7-11-4-6-25(21,22)10-11)19-17-18-14(9-24-17)12-1-2-15-13(8-12)3-5-23-15/h1-2,4,6,8-9,11H,3,5,7,10H2,(H,18,19,20). The van der Waals surface area contributed by atoms with E-state index in [0.29, 0.717) is 11.7 Å². The predicted molar refractivity (Wildman–Crippen MR) is 96.4 cm³/mol. The molecule has 0 aliphatic carbocycles. The summed E-state index contributed by atoms with van der Waals surface area (Å²) in [5, 5.41) is 6.35. The van der Waals surface area contributed by atoms with Gasteiger partial charge in [-0.3, -0.25) is 4.79 Å². The fraction of sp³-hybridized carbons (Fsp3) is 0.294. The summed E-state index contributed by atoms with van der Waals surface area (Å²) in [4.78, 5) is 16.5. The molecule has 8 heteroatoms. The van der Waals surface area contributed by atoms with Crippen LogP contribution in [0, 0.1) is 5.92 Å². The molecule has 4 rings (SSSR count). The Morgan fingerprint density at radius 3 is 3.08 bits per heavy atom. The molecule has 1 amide bonds. The summed E-state index contributed by atoms with van der Waals surface area (Å²) in [6, 6.07) is 5.97. The third-order valence-corrected chi connectivity index (χ3v) is 6.41. The molecule has 0 saturated heterocycles. The molecule has 1 atom stereocenters. The van der Waals surface area contributed by atoms with Gasteiger partial charge in [0.05, 0.1) is 18.1 Å². The summed E-state index contributed by atoms with van der Waals surface area (Å²) >= 11 is 1.35. The van der Waals surface area contributed by atoms with E-state index < -0.39 is 9.84 Å². The first kappa shape index (κ1) is 16.3. The van der Waals surface area contributed by atoms with E-state index in [0.717, 1.165) is 23.4 Å². The Bertz CT molecular complexity index is 963. The molecule has 0 spiro atoms. The van der Waals surface area contributed by atoms with Crippen molar-refractivity contribution in [2.45, 2.75) is 12.8 Å². The number of anilines is 1. The van der Waals surface area contributed by atoms with E-state index in [1.54, 1.807) is 6.08 Å². The van der Waals surface area contributed by atoms with E-state index in [-0.39, 0.29) is 24.0 Å². The third-order valence-electron chi connectivity index (χ3n) is 4.19. The van der Waals surface area contributed by atoms with Crippen LogP contribution in [0.15, 0.2) is 35.1 Å². The quantitative estimate of drug-likeness (QED) is 0.887. The summed E-state index contributed by atoms with van der Waals surface area (Å²) in [6.45, 7) is 0.711. The molecule has 2 aliphatic rings. The van der Waals surface area contributed by atoms with Crippen molar-refractivity contribution in [1.29, 1.82) is 0 Å². The van der Waals surface area contributed by atoms with Crippen molar-refractivity contribution in [1.82, 2.24) is 4.98 Å². The zero-order chi connectivity index (χ0) is 17.4. The topological polar surface area (TPSA) is 85.4 Å². The SMILES string of the molecule is O=C(CC1C=CS(=O)(=O)C1)Nc1nc(-c2ccc3c(c2)CCO3)cs1. The lowest BCUT2D eigenvalue weighted by molar-refractivity contribution is -0.116. The highest BCUT2D eigenvalue weighted by molar-refractivity contribution is 7.94. The highest BCUT2D eigenvalue weighted by Gasteiger charge is 2.24. The molecule has 130 valence electrons. The van der Waals surface area contributed by atoms with Gasteiger partial charge in [-0.2, -0.15) is 0 Å². The molecule has 6 nitrogen and oxygen atoms in total. The number of aromatic nitrogens is 1. The minimum Gasteiger partial charge on any atom is -0.493 e. The van der Waals surface area contributed by atoms with Gasteiger partial charge in [0.25, 0.3) is 0 Å². The highest BCUT2D eigenvalue weighted by Crippen LogP contribution is 2.32. The number of hydrogen-bond acceptors (Lipinski definition) is 6. The highest BCUT2D eigenvalue weighted by atomic mass is 32.2. The Kier molecular flexibility index (Phi) is 4.09. The summed E-state index contributed by atoms with van der Waals surface area (Å²) in [5.74, 6) is 0.434. The van der Waals surface area contributed by atoms with Crippen molar-refractivity contribution in [2.75, 3.05) is 17.7 Å². The van der Waals surface area contributed by atoms with E-state index in [9.17, 15) is 13.2 Å². The first-order chi connectivity index (χ1) is 12.0. The molecular weight excluding hydrogens is 360 g/mol. The van der Waals surface area contributed by atoms with Crippen LogP contribution in [-0.4, -0.2) is 31.7 Å². The van der Waals surface area contributed by atoms with Crippen LogP contribution in [0.3, 0.4) is 0 Å². The molecule has 1 aromatic carbocycles. The molecule has 3 heterocycles. The van der Waals surface area contributed by atoms with Crippen molar-refractivity contribution in [3.8, 4) is 17.0 Å². The first-order valence-electron chi connectivity index (χ1n) is 7.91. The molecule has 0 fully saturated rings. The van der Waals surface area contributed by atoms with Gasteiger partial charge in [-0.25, -0.2) is 13.4 Å². The summed E-state index contributed by atoms with van der Waals surface area (Å²) in [7, 11) is -3.13. The van der Waals surface area contributed by atoms with Crippen LogP contribution in [0.5, 0.6) is 5.75 Å². The molecule has 0 saturated carbocycles. The zero-order valence-corrected chi connectivity index (χ0v) is 14.9. The maximum absolute atomic E-state index is 12.1. The molecule has 0 radical (unpaired) electrons. The number of rotatable bonds is 4. The van der Waals surface area contributed by atoms with Crippen molar-refractivity contribution >= 4 is 32.2 Å². The van der Waals surface area contributed by atoms with E-state index in [1.807, 2.05) is 17.5 Å². The Hall–Kier alpha value is -2.19. The van der Waals surface area contributed by atoms with E-state index >= 15 is 0 Å². The van der Waals surface area contributed by atoms with Gasteiger partial charge >= 0.3 is 0 Å². The molecule has 2 aliphatic heterocycles. The van der Waals surface area contributed by atoms with Crippen LogP contribution in [0.4, 0.5) is 5.13 Å². The Labute approximate surface area is 149 Å². The van der Waals surface area contributed by atoms with Gasteiger partial charge in [0.1, 0.15) is 5.75 Å². The van der Waals surface area contributed by atoms with Crippen LogP contribution in [-0.2, 0) is 21.1 Å². The fourth-order valence-electron chi connectivity index (χ4n) is 2.99. The number of fused-ring (bicyclic) bond motifs is 1. The van der Waals surface area contributed by atoms with Gasteiger partial charge in [-0.15, -0.1) is 11.3 Å². The Balaban J connectivity index is 1.41. The molecule has 0 bridgehead atoms. The monoisotopic (exact) mass is 376 g/mol. The Morgan fingerprint density at radius 1 is 1.40 bits per heavy atom. The summed E-state index contributed by atoms with van der Waals surface area (Å²) in [5.41, 5.74) is 2.97. The van der Waals surface area contributed by atoms with Gasteiger partial charge in [0.15, 0.2) is 15.0 Å². The van der Waals surface area contributed by atoms with Crippen LogP contribution in [0.2, 0.25) is 0 Å². The molecular formula is C17H16N2O4S2. The number of nitrogens with one attached hydrogen (secondary N) is 1. The van der Waals surface area contributed by atoms with Crippen molar-refractivity contribution < 1.29 is 17.9 Å². The van der Waals surface area contributed by atoms with Gasteiger partial charge in [0.2, 0.25) is 5.91 Å². The van der Waals surface area contributed by atoms with Crippen LogP contribution < -0.4 is 10.1 Å². The van der Waals surface area contributed by atoms with Crippen molar-refractivity contribution in [3.63, 3.8) is 0 Å². The van der Waals surface area contributed by atoms with Crippen molar-refractivity contribution in [2.24, 2.45) is 5.92 Å². The number of carbonyl (C=O) groups excluding carboxylic acids is 1. The Morgan fingerprint density at radius 2 is 2.28 bits per heavy atom. The number of nitrogens with zero attached hydrogens (tertiary/aromatic N) is 1. The molecule has 1 N–H and O–H groups in total. The minimum absolute atomic E-state index is 0.000730. The number of allylic oxidation sites excluding steroid dienone is 1. The van der Waals surface area contributed by atoms with Crippen LogP contribution >= 0.6 is 11.3 Å². The maximum atomic E-state index is 12.1. The van der Waals surface area contributed by atoms with Crippen LogP contribution in [0.25, 0.3) is 11.3 Å². The second kappa shape index (κ2) is 6.27. The zero-order valence-electron chi connectivity index (χ0n) is 13.3. The average Bonchev–Trinajstić information content (AvgIpc) is 3.26.